The molecule has 7 nitrogen and oxygen atoms in total. The third kappa shape index (κ3) is 6.97. The number of ether oxygens (including phenoxy) is 1. The van der Waals surface area contributed by atoms with Gasteiger partial charge in [-0.2, -0.15) is 0 Å². The highest BCUT2D eigenvalue weighted by Crippen LogP contribution is 2.17. The molecule has 0 spiro atoms. The molecule has 1 aliphatic carbocycles. The van der Waals surface area contributed by atoms with Crippen molar-refractivity contribution in [2.75, 3.05) is 7.11 Å². The largest absolute Gasteiger partial charge is 0.480 e. The van der Waals surface area contributed by atoms with Crippen LogP contribution in [0.5, 0.6) is 0 Å². The highest BCUT2D eigenvalue weighted by Gasteiger charge is 2.22. The predicted octanol–water partition coefficient (Wildman–Crippen LogP) is 1.41. The molecule has 21 heavy (non-hydrogen) atoms. The zero-order valence-electron chi connectivity index (χ0n) is 12.4. The number of hydrogen-bond acceptors (Lipinski definition) is 4. The normalized spacial score (nSPS) is 17.4. The van der Waals surface area contributed by atoms with E-state index in [1.54, 1.807) is 0 Å². The van der Waals surface area contributed by atoms with Crippen LogP contribution >= 0.6 is 0 Å². The lowest BCUT2D eigenvalue weighted by atomic mass is 10.1. The van der Waals surface area contributed by atoms with Crippen molar-refractivity contribution in [3.63, 3.8) is 0 Å². The van der Waals surface area contributed by atoms with Crippen LogP contribution in [0.15, 0.2) is 0 Å². The number of carbonyl (C=O) groups excluding carboxylic acids is 2. The van der Waals surface area contributed by atoms with Crippen molar-refractivity contribution in [3.8, 4) is 0 Å². The summed E-state index contributed by atoms with van der Waals surface area (Å²) in [5.74, 6) is -1.65. The minimum atomic E-state index is -1.16. The van der Waals surface area contributed by atoms with Gasteiger partial charge in [0.15, 0.2) is 0 Å². The van der Waals surface area contributed by atoms with E-state index in [4.69, 9.17) is 5.11 Å². The fourth-order valence-corrected chi connectivity index (χ4v) is 2.43. The summed E-state index contributed by atoms with van der Waals surface area (Å²) in [6, 6.07) is -1.48. The Bertz CT molecular complexity index is 364. The Balaban J connectivity index is 2.40. The fourth-order valence-electron chi connectivity index (χ4n) is 2.43. The van der Waals surface area contributed by atoms with Gasteiger partial charge in [0.1, 0.15) is 6.04 Å². The summed E-state index contributed by atoms with van der Waals surface area (Å²) < 4.78 is 4.46. The monoisotopic (exact) mass is 300 g/mol. The highest BCUT2D eigenvalue weighted by molar-refractivity contribution is 5.83. The number of carboxylic acids is 1. The average Bonchev–Trinajstić information content (AvgIpc) is 2.71. The number of carboxylic acid groups (broad SMARTS) is 1. The van der Waals surface area contributed by atoms with Crippen LogP contribution < -0.4 is 10.6 Å². The van der Waals surface area contributed by atoms with Gasteiger partial charge in [-0.05, 0) is 19.3 Å². The van der Waals surface area contributed by atoms with E-state index < -0.39 is 24.0 Å². The molecule has 1 aliphatic rings. The van der Waals surface area contributed by atoms with Gasteiger partial charge >= 0.3 is 18.0 Å². The highest BCUT2D eigenvalue weighted by atomic mass is 16.5. The van der Waals surface area contributed by atoms with E-state index in [0.29, 0.717) is 0 Å². The Morgan fingerprint density at radius 1 is 1.19 bits per heavy atom. The first-order chi connectivity index (χ1) is 10.0. The van der Waals surface area contributed by atoms with Gasteiger partial charge in [0.2, 0.25) is 0 Å². The molecule has 0 unspecified atom stereocenters. The van der Waals surface area contributed by atoms with E-state index in [0.717, 1.165) is 25.7 Å². The molecule has 120 valence electrons. The zero-order valence-corrected chi connectivity index (χ0v) is 12.4. The summed E-state index contributed by atoms with van der Waals surface area (Å²) in [5.41, 5.74) is 0. The molecule has 0 aliphatic heterocycles. The number of rotatable bonds is 6. The molecule has 0 aromatic carbocycles. The standard InChI is InChI=1S/C14H24N2O5/c1-21-12(17)9-8-11(13(18)19)16-14(20)15-10-6-4-2-3-5-7-10/h10-11H,2-9H2,1H3,(H,18,19)(H2,15,16,20)/t11-/m0/s1. The van der Waals surface area contributed by atoms with Crippen molar-refractivity contribution in [1.29, 1.82) is 0 Å². The minimum Gasteiger partial charge on any atom is -0.480 e. The summed E-state index contributed by atoms with van der Waals surface area (Å²) in [5, 5.41) is 14.3. The van der Waals surface area contributed by atoms with Crippen LogP contribution in [-0.4, -0.2) is 42.3 Å². The number of hydrogen-bond donors (Lipinski definition) is 3. The molecular formula is C14H24N2O5. The number of esters is 1. The zero-order chi connectivity index (χ0) is 15.7. The van der Waals surface area contributed by atoms with E-state index in [1.807, 2.05) is 0 Å². The average molecular weight is 300 g/mol. The third-order valence-electron chi connectivity index (χ3n) is 3.66. The predicted molar refractivity (Wildman–Crippen MR) is 75.8 cm³/mol. The number of urea groups is 1. The van der Waals surface area contributed by atoms with Gasteiger partial charge in [-0.3, -0.25) is 4.79 Å². The molecule has 0 heterocycles. The van der Waals surface area contributed by atoms with Crippen LogP contribution in [0.3, 0.4) is 0 Å². The molecule has 0 saturated heterocycles. The third-order valence-corrected chi connectivity index (χ3v) is 3.66. The van der Waals surface area contributed by atoms with Gasteiger partial charge < -0.3 is 20.5 Å². The maximum Gasteiger partial charge on any atom is 0.326 e. The van der Waals surface area contributed by atoms with Crippen LogP contribution in [0.4, 0.5) is 4.79 Å². The van der Waals surface area contributed by atoms with Gasteiger partial charge in [-0.15, -0.1) is 0 Å². The first kappa shape index (κ1) is 17.3. The molecule has 1 fully saturated rings. The number of aliphatic carboxylic acids is 1. The Labute approximate surface area is 124 Å². The lowest BCUT2D eigenvalue weighted by Crippen LogP contribution is -2.49. The van der Waals surface area contributed by atoms with Crippen LogP contribution in [0.25, 0.3) is 0 Å². The first-order valence-corrected chi connectivity index (χ1v) is 7.39. The first-order valence-electron chi connectivity index (χ1n) is 7.39. The van der Waals surface area contributed by atoms with Crippen LogP contribution in [0.2, 0.25) is 0 Å². The van der Waals surface area contributed by atoms with Gasteiger partial charge in [-0.1, -0.05) is 25.7 Å². The molecule has 1 atom stereocenters. The number of carbonyl (C=O) groups is 3. The van der Waals surface area contributed by atoms with Crippen LogP contribution in [0, 0.1) is 0 Å². The maximum absolute atomic E-state index is 11.9. The SMILES string of the molecule is COC(=O)CC[C@H](NC(=O)NC1CCCCCC1)C(=O)O. The van der Waals surface area contributed by atoms with Crippen molar-refractivity contribution in [2.45, 2.75) is 63.5 Å². The topological polar surface area (TPSA) is 105 Å². The second kappa shape index (κ2) is 9.20. The van der Waals surface area contributed by atoms with Crippen molar-refractivity contribution in [2.24, 2.45) is 0 Å². The number of amides is 2. The van der Waals surface area contributed by atoms with Crippen molar-refractivity contribution in [1.82, 2.24) is 10.6 Å². The molecule has 0 aromatic heterocycles. The molecule has 0 aromatic rings. The molecule has 1 rings (SSSR count). The van der Waals surface area contributed by atoms with E-state index in [9.17, 15) is 14.4 Å². The van der Waals surface area contributed by atoms with E-state index in [2.05, 4.69) is 15.4 Å². The van der Waals surface area contributed by atoms with E-state index in [1.165, 1.54) is 20.0 Å². The van der Waals surface area contributed by atoms with Crippen molar-refractivity contribution < 1.29 is 24.2 Å². The molecule has 1 saturated carbocycles. The summed E-state index contributed by atoms with van der Waals surface area (Å²) in [6.07, 6.45) is 6.33. The second-order valence-electron chi connectivity index (χ2n) is 5.31. The Morgan fingerprint density at radius 2 is 1.81 bits per heavy atom. The van der Waals surface area contributed by atoms with Crippen LogP contribution in [-0.2, 0) is 14.3 Å². The summed E-state index contributed by atoms with van der Waals surface area (Å²) in [7, 11) is 1.24. The van der Waals surface area contributed by atoms with Gasteiger partial charge in [-0.25, -0.2) is 9.59 Å². The lowest BCUT2D eigenvalue weighted by Gasteiger charge is -2.19. The smallest absolute Gasteiger partial charge is 0.326 e. The van der Waals surface area contributed by atoms with Crippen molar-refractivity contribution in [3.05, 3.63) is 0 Å². The van der Waals surface area contributed by atoms with E-state index >= 15 is 0 Å². The molecule has 0 bridgehead atoms. The Morgan fingerprint density at radius 3 is 2.33 bits per heavy atom. The molecule has 7 heteroatoms. The molecule has 3 N–H and O–H groups in total. The van der Waals surface area contributed by atoms with Crippen LogP contribution in [0.1, 0.15) is 51.4 Å². The molecular weight excluding hydrogens is 276 g/mol. The second-order valence-corrected chi connectivity index (χ2v) is 5.31. The Hall–Kier alpha value is -1.79. The number of nitrogens with one attached hydrogen (secondary N) is 2. The van der Waals surface area contributed by atoms with E-state index in [-0.39, 0.29) is 18.9 Å². The summed E-state index contributed by atoms with van der Waals surface area (Å²) in [4.78, 5) is 34.0. The summed E-state index contributed by atoms with van der Waals surface area (Å²) in [6.45, 7) is 0. The van der Waals surface area contributed by atoms with Gasteiger partial charge in [0.25, 0.3) is 0 Å². The Kier molecular flexibility index (Phi) is 7.56. The van der Waals surface area contributed by atoms with Crippen molar-refractivity contribution >= 4 is 18.0 Å². The molecule has 2 amide bonds. The quantitative estimate of drug-likeness (QED) is 0.508. The fraction of sp³-hybridized carbons (Fsp3) is 0.786. The van der Waals surface area contributed by atoms with Gasteiger partial charge in [0, 0.05) is 12.5 Å². The number of methoxy groups -OCH3 is 1. The molecule has 0 radical (unpaired) electrons. The lowest BCUT2D eigenvalue weighted by molar-refractivity contribution is -0.142. The maximum atomic E-state index is 11.9. The summed E-state index contributed by atoms with van der Waals surface area (Å²) >= 11 is 0. The minimum absolute atomic E-state index is 0.0140. The van der Waals surface area contributed by atoms with Gasteiger partial charge in [0.05, 0.1) is 7.11 Å².